The molecule has 6 rings (SSSR count). The van der Waals surface area contributed by atoms with Crippen LogP contribution in [0, 0.1) is 6.92 Å². The van der Waals surface area contributed by atoms with Crippen LogP contribution in [0.3, 0.4) is 0 Å². The summed E-state index contributed by atoms with van der Waals surface area (Å²) < 4.78 is 56.2. The molecule has 1 unspecified atom stereocenters. The second-order valence-electron chi connectivity index (χ2n) is 16.5. The Hall–Kier alpha value is -4.56. The second kappa shape index (κ2) is 16.0. The predicted molar refractivity (Wildman–Crippen MR) is 219 cm³/mol. The Morgan fingerprint density at radius 2 is 1.58 bits per heavy atom. The number of alkyl halides is 3. The van der Waals surface area contributed by atoms with Crippen LogP contribution >= 0.6 is 0 Å². The topological polar surface area (TPSA) is 130 Å². The van der Waals surface area contributed by atoms with Crippen molar-refractivity contribution < 1.29 is 36.7 Å². The molecular formula is C43H54F3N5O5Si. The summed E-state index contributed by atoms with van der Waals surface area (Å²) in [5, 5.41) is 0. The lowest BCUT2D eigenvalue weighted by atomic mass is 9.84. The zero-order valence-electron chi connectivity index (χ0n) is 34.6. The van der Waals surface area contributed by atoms with E-state index in [2.05, 4.69) is 16.9 Å². The van der Waals surface area contributed by atoms with Crippen molar-refractivity contribution >= 4 is 59.4 Å². The van der Waals surface area contributed by atoms with Gasteiger partial charge in [0.1, 0.15) is 0 Å². The zero-order chi connectivity index (χ0) is 41.7. The van der Waals surface area contributed by atoms with Crippen LogP contribution in [-0.2, 0) is 14.0 Å². The monoisotopic (exact) mass is 805 g/mol. The van der Waals surface area contributed by atoms with Crippen molar-refractivity contribution in [3.8, 4) is 0 Å². The van der Waals surface area contributed by atoms with Crippen molar-refractivity contribution in [1.82, 2.24) is 24.8 Å². The number of aryl methyl sites for hydroxylation is 1. The number of aromatic amines is 2. The van der Waals surface area contributed by atoms with Gasteiger partial charge in [0.25, 0.3) is 11.8 Å². The number of fused-ring (bicyclic) bond motifs is 8. The fraction of sp³-hybridized carbons (Fsp3) is 0.512. The summed E-state index contributed by atoms with van der Waals surface area (Å²) in [6, 6.07) is 5.21. The molecule has 2 aromatic heterocycles. The van der Waals surface area contributed by atoms with Crippen molar-refractivity contribution in [3.63, 3.8) is 0 Å². The van der Waals surface area contributed by atoms with E-state index in [1.807, 2.05) is 33.8 Å². The maximum Gasteiger partial charge on any atom is 0.417 e. The van der Waals surface area contributed by atoms with Crippen molar-refractivity contribution in [2.45, 2.75) is 130 Å². The maximum atomic E-state index is 15.1. The number of aromatic nitrogens is 4. The minimum Gasteiger partial charge on any atom is -0.469 e. The largest absolute Gasteiger partial charge is 0.469 e. The maximum absolute atomic E-state index is 15.1. The van der Waals surface area contributed by atoms with E-state index in [0.717, 1.165) is 30.4 Å². The van der Waals surface area contributed by atoms with Gasteiger partial charge in [-0.1, -0.05) is 40.0 Å². The fourth-order valence-corrected chi connectivity index (χ4v) is 9.38. The van der Waals surface area contributed by atoms with E-state index in [9.17, 15) is 14.4 Å². The molecule has 6 heterocycles. The molecule has 3 atom stereocenters. The summed E-state index contributed by atoms with van der Waals surface area (Å²) in [6.07, 6.45) is -2.53. The first kappa shape index (κ1) is 42.1. The van der Waals surface area contributed by atoms with Gasteiger partial charge in [0, 0.05) is 47.3 Å². The number of imide groups is 1. The number of amides is 2. The highest BCUT2D eigenvalue weighted by molar-refractivity contribution is 6.69. The third-order valence-corrected chi connectivity index (χ3v) is 12.5. The molecule has 0 aliphatic carbocycles. The highest BCUT2D eigenvalue weighted by atomic mass is 28.4. The number of unbranched alkanes of at least 4 members (excludes halogenated alkanes) is 3. The summed E-state index contributed by atoms with van der Waals surface area (Å²) >= 11 is 0. The number of carbonyl (C=O) groups excluding carboxylic acids is 3. The van der Waals surface area contributed by atoms with E-state index < -0.39 is 38.4 Å². The predicted octanol–water partition coefficient (Wildman–Crippen LogP) is 10.4. The number of nitrogens with zero attached hydrogens (tertiary/aromatic N) is 3. The Morgan fingerprint density at radius 3 is 2.21 bits per heavy atom. The summed E-state index contributed by atoms with van der Waals surface area (Å²) in [6.45, 7) is 16.8. The molecular weight excluding hydrogens is 752 g/mol. The Bertz CT molecular complexity index is 2260. The number of ether oxygens (including phenoxy) is 1. The number of hydrogen-bond acceptors (Lipinski definition) is 7. The van der Waals surface area contributed by atoms with Crippen LogP contribution in [0.1, 0.15) is 152 Å². The molecule has 0 spiro atoms. The van der Waals surface area contributed by atoms with Gasteiger partial charge in [-0.05, 0) is 100 Å². The van der Waals surface area contributed by atoms with Crippen molar-refractivity contribution in [2.75, 3.05) is 13.7 Å². The lowest BCUT2D eigenvalue weighted by Crippen LogP contribution is -2.41. The Labute approximate surface area is 333 Å². The quantitative estimate of drug-likeness (QED) is 0.0945. The lowest BCUT2D eigenvalue weighted by Gasteiger charge is -2.29. The molecule has 0 fully saturated rings. The molecule has 0 saturated carbocycles. The van der Waals surface area contributed by atoms with Crippen LogP contribution in [0.4, 0.5) is 13.2 Å². The molecule has 2 amide bonds. The van der Waals surface area contributed by atoms with Crippen LogP contribution in [0.15, 0.2) is 18.2 Å². The number of hydrogen-bond donors (Lipinski definition) is 2. The Kier molecular flexibility index (Phi) is 11.8. The van der Waals surface area contributed by atoms with Gasteiger partial charge in [-0.25, -0.2) is 9.97 Å². The molecule has 57 heavy (non-hydrogen) atoms. The number of esters is 1. The van der Waals surface area contributed by atoms with Crippen molar-refractivity contribution in [1.29, 1.82) is 0 Å². The van der Waals surface area contributed by atoms with E-state index in [0.29, 0.717) is 81.0 Å². The lowest BCUT2D eigenvalue weighted by molar-refractivity contribution is -0.178. The smallest absolute Gasteiger partial charge is 0.417 e. The van der Waals surface area contributed by atoms with Gasteiger partial charge in [0.15, 0.2) is 14.4 Å². The van der Waals surface area contributed by atoms with Gasteiger partial charge < -0.3 is 19.1 Å². The number of carbonyl (C=O) groups is 3. The zero-order valence-corrected chi connectivity index (χ0v) is 35.6. The van der Waals surface area contributed by atoms with Crippen LogP contribution in [0.5, 0.6) is 0 Å². The SMILES string of the molecule is CCCCCCN1C(=O)c2c3[nH]c(cc4nc(cc5nc(cc6[nH]c2c(c6C)C1=O)C(CC)=C5C)C(C(O[Si](C)(C)C)C(F)(F)F)=C4C)[C@@H](C)[C@@H]3CCC(=O)OC. The summed E-state index contributed by atoms with van der Waals surface area (Å²) in [7, 11) is -1.43. The van der Waals surface area contributed by atoms with Crippen LogP contribution in [0.2, 0.25) is 19.6 Å². The third-order valence-electron chi connectivity index (χ3n) is 11.5. The molecule has 2 N–H and O–H groups in total. The number of allylic oxidation sites excluding steroid dienone is 3. The van der Waals surface area contributed by atoms with E-state index in [1.165, 1.54) is 12.0 Å². The molecule has 4 aliphatic rings. The van der Waals surface area contributed by atoms with Gasteiger partial charge in [0.2, 0.25) is 0 Å². The first-order valence-electron chi connectivity index (χ1n) is 20.0. The average Bonchev–Trinajstić information content (AvgIpc) is 3.81. The molecule has 0 aromatic carbocycles. The van der Waals surface area contributed by atoms with Crippen molar-refractivity contribution in [3.05, 3.63) is 69.1 Å². The van der Waals surface area contributed by atoms with E-state index in [-0.39, 0.29) is 36.1 Å². The first-order chi connectivity index (χ1) is 26.8. The minimum absolute atomic E-state index is 0.0584. The van der Waals surface area contributed by atoms with Gasteiger partial charge in [0.05, 0.1) is 46.5 Å². The fourth-order valence-electron chi connectivity index (χ4n) is 8.42. The van der Waals surface area contributed by atoms with Gasteiger partial charge in [-0.3, -0.25) is 19.3 Å². The van der Waals surface area contributed by atoms with Crippen LogP contribution in [0.25, 0.3) is 33.3 Å². The minimum atomic E-state index is -4.73. The van der Waals surface area contributed by atoms with E-state index in [1.54, 1.807) is 38.7 Å². The molecule has 14 heteroatoms. The van der Waals surface area contributed by atoms with Gasteiger partial charge in [-0.15, -0.1) is 0 Å². The van der Waals surface area contributed by atoms with Crippen molar-refractivity contribution in [2.24, 2.45) is 0 Å². The Balaban J connectivity index is 1.75. The summed E-state index contributed by atoms with van der Waals surface area (Å²) in [5.74, 6) is -1.99. The number of H-pyrrole nitrogens is 2. The highest BCUT2D eigenvalue weighted by Crippen LogP contribution is 2.46. The average molecular weight is 806 g/mol. The molecule has 8 bridgehead atoms. The van der Waals surface area contributed by atoms with E-state index >= 15 is 13.2 Å². The summed E-state index contributed by atoms with van der Waals surface area (Å²) in [5.41, 5.74) is 6.94. The number of methoxy groups -OCH3 is 1. The van der Waals surface area contributed by atoms with Crippen LogP contribution in [-0.4, -0.2) is 76.9 Å². The molecule has 0 saturated heterocycles. The number of halogens is 3. The number of rotatable bonds is 12. The molecule has 2 aromatic rings. The molecule has 0 radical (unpaired) electrons. The first-order valence-corrected chi connectivity index (χ1v) is 23.4. The summed E-state index contributed by atoms with van der Waals surface area (Å²) in [4.78, 5) is 59.7. The Morgan fingerprint density at radius 1 is 0.912 bits per heavy atom. The van der Waals surface area contributed by atoms with Gasteiger partial charge >= 0.3 is 12.1 Å². The molecule has 4 aliphatic heterocycles. The van der Waals surface area contributed by atoms with Crippen LogP contribution < -0.4 is 0 Å². The molecule has 10 nitrogen and oxygen atoms in total. The normalized spacial score (nSPS) is 18.4. The second-order valence-corrected chi connectivity index (χ2v) is 20.9. The number of nitrogens with one attached hydrogen (secondary N) is 2. The molecule has 306 valence electrons. The highest BCUT2D eigenvalue weighted by Gasteiger charge is 2.48. The standard InChI is InChI=1S/C43H54F3N5O5Si/c1-11-13-14-15-18-51-41(53)36-25(6)31-20-32-26(12-2)22(3)28(47-32)21-33-35(40(43(44,45)46)56-57(8,9)10)24(5)30(48-33)19-29-23(4)27(16-17-34(52)55-7)38(49-29)37(42(51)54)39(36)50-31/h19-21,23,27,40,49-50H,11-18H2,1-10H3/t23-,27-,40?/m0/s1. The third kappa shape index (κ3) is 7.99. The van der Waals surface area contributed by atoms with Gasteiger partial charge in [-0.2, -0.15) is 13.2 Å². The van der Waals surface area contributed by atoms with E-state index in [4.69, 9.17) is 19.1 Å².